The van der Waals surface area contributed by atoms with Gasteiger partial charge in [-0.2, -0.15) is 0 Å². The van der Waals surface area contributed by atoms with Crippen molar-refractivity contribution in [2.45, 2.75) is 0 Å². The van der Waals surface area contributed by atoms with E-state index in [4.69, 9.17) is 9.84 Å². The molecule has 0 saturated heterocycles. The highest BCUT2D eigenvalue weighted by Crippen LogP contribution is 2.26. The van der Waals surface area contributed by atoms with Crippen LogP contribution < -0.4 is 10.1 Å². The van der Waals surface area contributed by atoms with Crippen molar-refractivity contribution in [3.8, 4) is 5.75 Å². The lowest BCUT2D eigenvalue weighted by molar-refractivity contribution is -0.118. The van der Waals surface area contributed by atoms with Crippen LogP contribution in [0.4, 0.5) is 5.69 Å². The number of nitrogens with one attached hydrogen (secondary N) is 1. The van der Waals surface area contributed by atoms with Crippen LogP contribution in [0.1, 0.15) is 10.4 Å². The second-order valence-electron chi connectivity index (χ2n) is 4.12. The van der Waals surface area contributed by atoms with E-state index in [-0.39, 0.29) is 17.9 Å². The van der Waals surface area contributed by atoms with Crippen LogP contribution in [0.2, 0.25) is 0 Å². The number of anilines is 1. The minimum Gasteiger partial charge on any atom is -0.484 e. The summed E-state index contributed by atoms with van der Waals surface area (Å²) in [5.41, 5.74) is 0.226. The predicted octanol–water partition coefficient (Wildman–Crippen LogP) is 3.16. The number of carbonyl (C=O) groups excluding carboxylic acids is 1. The van der Waals surface area contributed by atoms with Crippen molar-refractivity contribution in [2.75, 3.05) is 11.9 Å². The second kappa shape index (κ2) is 6.90. The number of halogens is 1. The third-order valence-electron chi connectivity index (χ3n) is 2.62. The summed E-state index contributed by atoms with van der Waals surface area (Å²) in [5, 5.41) is 11.6. The molecule has 5 nitrogen and oxygen atoms in total. The Balaban J connectivity index is 2.05. The molecule has 0 aliphatic rings. The molecule has 0 fully saturated rings. The maximum absolute atomic E-state index is 11.9. The number of carbonyl (C=O) groups is 2. The van der Waals surface area contributed by atoms with Gasteiger partial charge in [0.1, 0.15) is 5.75 Å². The van der Waals surface area contributed by atoms with E-state index in [0.717, 1.165) is 0 Å². The summed E-state index contributed by atoms with van der Waals surface area (Å²) in [5.74, 6) is -0.984. The SMILES string of the molecule is O=C(COc1ccccc1)Nc1c(Br)cccc1C(=O)O. The van der Waals surface area contributed by atoms with Gasteiger partial charge >= 0.3 is 5.97 Å². The molecule has 0 radical (unpaired) electrons. The summed E-state index contributed by atoms with van der Waals surface area (Å²) < 4.78 is 5.80. The normalized spacial score (nSPS) is 9.95. The number of carboxylic acids is 1. The van der Waals surface area contributed by atoms with E-state index in [0.29, 0.717) is 10.2 Å². The molecule has 21 heavy (non-hydrogen) atoms. The van der Waals surface area contributed by atoms with Gasteiger partial charge in [-0.1, -0.05) is 24.3 Å². The van der Waals surface area contributed by atoms with Crippen molar-refractivity contribution in [1.29, 1.82) is 0 Å². The van der Waals surface area contributed by atoms with Crippen LogP contribution in [-0.4, -0.2) is 23.6 Å². The number of amides is 1. The molecule has 0 saturated carbocycles. The van der Waals surface area contributed by atoms with Gasteiger partial charge in [-0.15, -0.1) is 0 Å². The number of benzene rings is 2. The Bertz CT molecular complexity index is 658. The van der Waals surface area contributed by atoms with E-state index >= 15 is 0 Å². The van der Waals surface area contributed by atoms with Gasteiger partial charge in [0.2, 0.25) is 0 Å². The van der Waals surface area contributed by atoms with Gasteiger partial charge in [-0.25, -0.2) is 4.79 Å². The smallest absolute Gasteiger partial charge is 0.337 e. The molecule has 6 heteroatoms. The molecule has 2 aromatic carbocycles. The third kappa shape index (κ3) is 4.06. The van der Waals surface area contributed by atoms with Crippen molar-refractivity contribution >= 4 is 33.5 Å². The molecule has 2 rings (SSSR count). The third-order valence-corrected chi connectivity index (χ3v) is 3.28. The topological polar surface area (TPSA) is 75.6 Å². The van der Waals surface area contributed by atoms with Crippen molar-refractivity contribution in [3.63, 3.8) is 0 Å². The molecule has 0 aliphatic heterocycles. The Morgan fingerprint density at radius 2 is 1.81 bits per heavy atom. The minimum absolute atomic E-state index is 0.0115. The summed E-state index contributed by atoms with van der Waals surface area (Å²) in [6.45, 7) is -0.204. The van der Waals surface area contributed by atoms with Gasteiger partial charge in [0.25, 0.3) is 5.91 Å². The minimum atomic E-state index is -1.12. The van der Waals surface area contributed by atoms with Gasteiger partial charge in [-0.3, -0.25) is 4.79 Å². The summed E-state index contributed by atoms with van der Waals surface area (Å²) in [6, 6.07) is 13.5. The summed E-state index contributed by atoms with van der Waals surface area (Å²) in [7, 11) is 0. The fourth-order valence-corrected chi connectivity index (χ4v) is 2.14. The van der Waals surface area contributed by atoms with Gasteiger partial charge in [-0.05, 0) is 40.2 Å². The van der Waals surface area contributed by atoms with Crippen molar-refractivity contribution in [3.05, 3.63) is 58.6 Å². The van der Waals surface area contributed by atoms with Crippen LogP contribution >= 0.6 is 15.9 Å². The molecule has 0 aliphatic carbocycles. The van der Waals surface area contributed by atoms with Gasteiger partial charge in [0, 0.05) is 4.47 Å². The fourth-order valence-electron chi connectivity index (χ4n) is 1.67. The maximum atomic E-state index is 11.9. The van der Waals surface area contributed by atoms with Gasteiger partial charge < -0.3 is 15.2 Å². The Morgan fingerprint density at radius 3 is 2.48 bits per heavy atom. The van der Waals surface area contributed by atoms with Crippen molar-refractivity contribution < 1.29 is 19.4 Å². The van der Waals surface area contributed by atoms with E-state index in [1.54, 1.807) is 36.4 Å². The summed E-state index contributed by atoms with van der Waals surface area (Å²) in [6.07, 6.45) is 0. The van der Waals surface area contributed by atoms with E-state index < -0.39 is 11.9 Å². The Labute approximate surface area is 129 Å². The molecule has 2 N–H and O–H groups in total. The number of ether oxygens (including phenoxy) is 1. The molecule has 0 bridgehead atoms. The molecule has 0 spiro atoms. The van der Waals surface area contributed by atoms with Crippen LogP contribution in [0, 0.1) is 0 Å². The first-order valence-corrected chi connectivity index (χ1v) is 6.86. The lowest BCUT2D eigenvalue weighted by Gasteiger charge is -2.11. The van der Waals surface area contributed by atoms with Crippen LogP contribution in [0.15, 0.2) is 53.0 Å². The second-order valence-corrected chi connectivity index (χ2v) is 4.97. The zero-order valence-electron chi connectivity index (χ0n) is 10.9. The zero-order valence-corrected chi connectivity index (χ0v) is 12.5. The molecule has 0 atom stereocenters. The summed E-state index contributed by atoms with van der Waals surface area (Å²) in [4.78, 5) is 23.0. The molecule has 108 valence electrons. The monoisotopic (exact) mass is 349 g/mol. The predicted molar refractivity (Wildman–Crippen MR) is 81.7 cm³/mol. The molecule has 1 amide bonds. The number of para-hydroxylation sites is 2. The molecular formula is C15H12BrNO4. The van der Waals surface area contributed by atoms with E-state index in [9.17, 15) is 9.59 Å². The lowest BCUT2D eigenvalue weighted by atomic mass is 10.2. The highest BCUT2D eigenvalue weighted by Gasteiger charge is 2.15. The number of rotatable bonds is 5. The molecular weight excluding hydrogens is 338 g/mol. The Morgan fingerprint density at radius 1 is 1.10 bits per heavy atom. The number of hydrogen-bond acceptors (Lipinski definition) is 3. The molecule has 2 aromatic rings. The van der Waals surface area contributed by atoms with Crippen LogP contribution in [0.5, 0.6) is 5.75 Å². The highest BCUT2D eigenvalue weighted by atomic mass is 79.9. The highest BCUT2D eigenvalue weighted by molar-refractivity contribution is 9.10. The maximum Gasteiger partial charge on any atom is 0.337 e. The first-order valence-electron chi connectivity index (χ1n) is 6.07. The summed E-state index contributed by atoms with van der Waals surface area (Å²) >= 11 is 3.22. The number of hydrogen-bond donors (Lipinski definition) is 2. The number of aromatic carboxylic acids is 1. The quantitative estimate of drug-likeness (QED) is 0.869. The van der Waals surface area contributed by atoms with Gasteiger partial charge in [0.15, 0.2) is 6.61 Å². The zero-order chi connectivity index (χ0) is 15.2. The average Bonchev–Trinajstić information content (AvgIpc) is 2.48. The average molecular weight is 350 g/mol. The molecule has 0 aromatic heterocycles. The van der Waals surface area contributed by atoms with Crippen molar-refractivity contribution in [2.24, 2.45) is 0 Å². The van der Waals surface area contributed by atoms with Crippen LogP contribution in [-0.2, 0) is 4.79 Å². The number of carboxylic acid groups (broad SMARTS) is 1. The molecule has 0 heterocycles. The van der Waals surface area contributed by atoms with E-state index in [1.807, 2.05) is 6.07 Å². The van der Waals surface area contributed by atoms with Gasteiger partial charge in [0.05, 0.1) is 11.3 Å². The standard InChI is InChI=1S/C15H12BrNO4/c16-12-8-4-7-11(15(19)20)14(12)17-13(18)9-21-10-5-2-1-3-6-10/h1-8H,9H2,(H,17,18)(H,19,20). The first kappa shape index (κ1) is 15.1. The van der Waals surface area contributed by atoms with Crippen LogP contribution in [0.3, 0.4) is 0 Å². The Hall–Kier alpha value is -2.34. The lowest BCUT2D eigenvalue weighted by Crippen LogP contribution is -2.21. The first-order chi connectivity index (χ1) is 10.1. The van der Waals surface area contributed by atoms with Crippen LogP contribution in [0.25, 0.3) is 0 Å². The Kier molecular flexibility index (Phi) is 4.94. The van der Waals surface area contributed by atoms with E-state index in [2.05, 4.69) is 21.2 Å². The van der Waals surface area contributed by atoms with Crippen molar-refractivity contribution in [1.82, 2.24) is 0 Å². The fraction of sp³-hybridized carbons (Fsp3) is 0.0667. The molecule has 0 unspecified atom stereocenters. The largest absolute Gasteiger partial charge is 0.484 e. The van der Waals surface area contributed by atoms with E-state index in [1.165, 1.54) is 6.07 Å².